The number of aromatic nitrogens is 3. The molecule has 1 amide bonds. The minimum atomic E-state index is -3.86. The van der Waals surface area contributed by atoms with Crippen molar-refractivity contribution >= 4 is 21.6 Å². The molecule has 0 atom stereocenters. The fourth-order valence-corrected chi connectivity index (χ4v) is 4.76. The van der Waals surface area contributed by atoms with Gasteiger partial charge in [-0.15, -0.1) is 0 Å². The topological polar surface area (TPSA) is 106 Å². The van der Waals surface area contributed by atoms with Crippen molar-refractivity contribution in [3.63, 3.8) is 0 Å². The molecule has 168 valence electrons. The minimum absolute atomic E-state index is 0.185. The zero-order valence-electron chi connectivity index (χ0n) is 18.2. The van der Waals surface area contributed by atoms with Gasteiger partial charge in [0.05, 0.1) is 21.8 Å². The number of nitrogens with zero attached hydrogens (tertiary/aromatic N) is 3. The second-order valence-corrected chi connectivity index (χ2v) is 9.26. The van der Waals surface area contributed by atoms with Crippen molar-refractivity contribution in [2.75, 3.05) is 4.72 Å². The maximum atomic E-state index is 13.0. The molecule has 0 spiro atoms. The van der Waals surface area contributed by atoms with E-state index in [1.165, 1.54) is 6.33 Å². The normalized spacial score (nSPS) is 11.2. The number of para-hydroxylation sites is 1. The highest BCUT2D eigenvalue weighted by Crippen LogP contribution is 2.23. The van der Waals surface area contributed by atoms with Crippen molar-refractivity contribution in [1.29, 1.82) is 0 Å². The maximum absolute atomic E-state index is 13.0. The molecule has 2 N–H and O–H groups in total. The van der Waals surface area contributed by atoms with E-state index in [-0.39, 0.29) is 28.6 Å². The van der Waals surface area contributed by atoms with Gasteiger partial charge in [0.15, 0.2) is 0 Å². The summed E-state index contributed by atoms with van der Waals surface area (Å²) in [6.45, 7) is 3.85. The molecular formula is C24H23N5O3S. The van der Waals surface area contributed by atoms with Gasteiger partial charge in [-0.1, -0.05) is 36.4 Å². The van der Waals surface area contributed by atoms with Crippen molar-refractivity contribution < 1.29 is 13.2 Å². The number of anilines is 1. The maximum Gasteiger partial charge on any atom is 0.262 e. The standard InChI is InChI=1S/C24H23N5O3S/c1-17-7-8-18(2)23(13-17)33(31,32)28-22-6-4-3-5-21(22)24(30)26-14-19-9-11-20(12-10-19)29-16-25-15-27-29/h3-13,15-16,28H,14H2,1-2H3,(H,26,30). The molecule has 0 radical (unpaired) electrons. The van der Waals surface area contributed by atoms with Gasteiger partial charge in [0.25, 0.3) is 15.9 Å². The number of carbonyl (C=O) groups excluding carboxylic acids is 1. The lowest BCUT2D eigenvalue weighted by Crippen LogP contribution is -2.25. The highest BCUT2D eigenvalue weighted by atomic mass is 32.2. The summed E-state index contributed by atoms with van der Waals surface area (Å²) in [5.41, 5.74) is 3.67. The van der Waals surface area contributed by atoms with Crippen LogP contribution in [0.5, 0.6) is 0 Å². The highest BCUT2D eigenvalue weighted by molar-refractivity contribution is 7.92. The van der Waals surface area contributed by atoms with E-state index in [0.29, 0.717) is 5.56 Å². The molecule has 0 aliphatic carbocycles. The summed E-state index contributed by atoms with van der Waals surface area (Å²) in [5.74, 6) is -0.380. The summed E-state index contributed by atoms with van der Waals surface area (Å²) >= 11 is 0. The quantitative estimate of drug-likeness (QED) is 0.437. The fourth-order valence-electron chi connectivity index (χ4n) is 3.35. The van der Waals surface area contributed by atoms with Gasteiger partial charge >= 0.3 is 0 Å². The number of hydrogen-bond donors (Lipinski definition) is 2. The van der Waals surface area contributed by atoms with Crippen LogP contribution >= 0.6 is 0 Å². The number of benzene rings is 3. The van der Waals surface area contributed by atoms with Crippen LogP contribution in [0.4, 0.5) is 5.69 Å². The second-order valence-electron chi connectivity index (χ2n) is 7.61. The Kier molecular flexibility index (Phi) is 6.23. The predicted molar refractivity (Wildman–Crippen MR) is 126 cm³/mol. The molecule has 0 unspecified atom stereocenters. The lowest BCUT2D eigenvalue weighted by atomic mass is 10.1. The Morgan fingerprint density at radius 1 is 1.00 bits per heavy atom. The molecular weight excluding hydrogens is 438 g/mol. The van der Waals surface area contributed by atoms with Gasteiger partial charge in [0, 0.05) is 6.54 Å². The molecule has 0 bridgehead atoms. The van der Waals surface area contributed by atoms with Gasteiger partial charge in [-0.05, 0) is 60.9 Å². The third-order valence-corrected chi connectivity index (χ3v) is 6.63. The second kappa shape index (κ2) is 9.25. The summed E-state index contributed by atoms with van der Waals surface area (Å²) in [6, 6.07) is 19.3. The van der Waals surface area contributed by atoms with Crippen LogP contribution in [0, 0.1) is 13.8 Å². The Bertz CT molecular complexity index is 1380. The van der Waals surface area contributed by atoms with Crippen molar-refractivity contribution in [1.82, 2.24) is 20.1 Å². The third-order valence-electron chi connectivity index (χ3n) is 5.12. The number of amides is 1. The SMILES string of the molecule is Cc1ccc(C)c(S(=O)(=O)Nc2ccccc2C(=O)NCc2ccc(-n3cncn3)cc2)c1. The van der Waals surface area contributed by atoms with Crippen LogP contribution in [0.1, 0.15) is 27.0 Å². The Labute approximate surface area is 192 Å². The van der Waals surface area contributed by atoms with Crippen LogP contribution in [0.2, 0.25) is 0 Å². The first-order chi connectivity index (χ1) is 15.8. The number of hydrogen-bond acceptors (Lipinski definition) is 5. The van der Waals surface area contributed by atoms with Gasteiger partial charge in [0.1, 0.15) is 12.7 Å². The van der Waals surface area contributed by atoms with E-state index >= 15 is 0 Å². The summed E-state index contributed by atoms with van der Waals surface area (Å²) < 4.78 is 30.2. The van der Waals surface area contributed by atoms with E-state index in [9.17, 15) is 13.2 Å². The minimum Gasteiger partial charge on any atom is -0.348 e. The third kappa shape index (κ3) is 5.09. The Morgan fingerprint density at radius 2 is 1.76 bits per heavy atom. The van der Waals surface area contributed by atoms with Crippen LogP contribution in [0.3, 0.4) is 0 Å². The Balaban J connectivity index is 1.49. The van der Waals surface area contributed by atoms with Gasteiger partial charge in [-0.25, -0.2) is 18.1 Å². The monoisotopic (exact) mass is 461 g/mol. The molecule has 1 heterocycles. The zero-order valence-corrected chi connectivity index (χ0v) is 19.0. The van der Waals surface area contributed by atoms with Crippen LogP contribution in [0.15, 0.2) is 84.3 Å². The molecule has 0 saturated carbocycles. The summed E-state index contributed by atoms with van der Waals surface area (Å²) in [7, 11) is -3.86. The molecule has 4 rings (SSSR count). The number of carbonyl (C=O) groups is 1. The lowest BCUT2D eigenvalue weighted by molar-refractivity contribution is 0.0952. The van der Waals surface area contributed by atoms with Gasteiger partial charge in [-0.2, -0.15) is 5.10 Å². The van der Waals surface area contributed by atoms with Crippen LogP contribution in [-0.4, -0.2) is 29.1 Å². The summed E-state index contributed by atoms with van der Waals surface area (Å²) in [4.78, 5) is 17.0. The van der Waals surface area contributed by atoms with E-state index in [4.69, 9.17) is 0 Å². The van der Waals surface area contributed by atoms with Crippen molar-refractivity contribution in [2.45, 2.75) is 25.3 Å². The van der Waals surface area contributed by atoms with Crippen LogP contribution < -0.4 is 10.0 Å². The lowest BCUT2D eigenvalue weighted by Gasteiger charge is -2.14. The molecule has 8 nitrogen and oxygen atoms in total. The fraction of sp³-hybridized carbons (Fsp3) is 0.125. The molecule has 9 heteroatoms. The molecule has 0 aliphatic heterocycles. The number of aryl methyl sites for hydroxylation is 2. The smallest absolute Gasteiger partial charge is 0.262 e. The first kappa shape index (κ1) is 22.2. The summed E-state index contributed by atoms with van der Waals surface area (Å²) in [6.07, 6.45) is 3.06. The van der Waals surface area contributed by atoms with Gasteiger partial charge in [-0.3, -0.25) is 9.52 Å². The van der Waals surface area contributed by atoms with Gasteiger partial charge < -0.3 is 5.32 Å². The van der Waals surface area contributed by atoms with E-state index in [0.717, 1.165) is 16.8 Å². The average molecular weight is 462 g/mol. The van der Waals surface area contributed by atoms with E-state index in [1.54, 1.807) is 54.3 Å². The summed E-state index contributed by atoms with van der Waals surface area (Å²) in [5, 5.41) is 6.93. The number of rotatable bonds is 7. The van der Waals surface area contributed by atoms with E-state index in [2.05, 4.69) is 20.1 Å². The Hall–Kier alpha value is -3.98. The van der Waals surface area contributed by atoms with Crippen molar-refractivity contribution in [3.8, 4) is 5.69 Å². The molecule has 0 saturated heterocycles. The van der Waals surface area contributed by atoms with Crippen molar-refractivity contribution in [2.24, 2.45) is 0 Å². The van der Waals surface area contributed by atoms with Crippen molar-refractivity contribution in [3.05, 3.63) is 102 Å². The molecule has 0 fully saturated rings. The molecule has 1 aromatic heterocycles. The molecule has 4 aromatic rings. The largest absolute Gasteiger partial charge is 0.348 e. The molecule has 33 heavy (non-hydrogen) atoms. The van der Waals surface area contributed by atoms with Gasteiger partial charge in [0.2, 0.25) is 0 Å². The Morgan fingerprint density at radius 3 is 2.48 bits per heavy atom. The van der Waals surface area contributed by atoms with Crippen LogP contribution in [0.25, 0.3) is 5.69 Å². The number of nitrogens with one attached hydrogen (secondary N) is 2. The van der Waals surface area contributed by atoms with E-state index in [1.807, 2.05) is 37.3 Å². The molecule has 0 aliphatic rings. The molecule has 3 aromatic carbocycles. The average Bonchev–Trinajstić information content (AvgIpc) is 3.34. The van der Waals surface area contributed by atoms with E-state index < -0.39 is 10.0 Å². The first-order valence-corrected chi connectivity index (χ1v) is 11.7. The first-order valence-electron chi connectivity index (χ1n) is 10.2. The van der Waals surface area contributed by atoms with Crippen LogP contribution in [-0.2, 0) is 16.6 Å². The highest BCUT2D eigenvalue weighted by Gasteiger charge is 2.20. The number of sulfonamides is 1. The predicted octanol–water partition coefficient (Wildman–Crippen LogP) is 3.61. The zero-order chi connectivity index (χ0) is 23.4.